The third kappa shape index (κ3) is 3.36. The number of amides is 2. The second-order valence-corrected chi connectivity index (χ2v) is 13.2. The van der Waals surface area contributed by atoms with Crippen LogP contribution in [0, 0.1) is 29.6 Å². The fourth-order valence-corrected chi connectivity index (χ4v) is 10.5. The van der Waals surface area contributed by atoms with Gasteiger partial charge in [-0.1, -0.05) is 52.7 Å². The van der Waals surface area contributed by atoms with Crippen molar-refractivity contribution in [3.05, 3.63) is 78.2 Å². The summed E-state index contributed by atoms with van der Waals surface area (Å²) in [6.07, 6.45) is -3.94. The number of halogens is 5. The molecule has 2 aliphatic heterocycles. The number of anilines is 1. The SMILES string of the molecule is O=C1C2C3CC(C2C(=O)N1c1cccc(C(F)(F)F)c1)C1C(c2cccc(Cl)c2Cl)c2sc(=O)[nH]c2SC31. The second-order valence-electron chi connectivity index (χ2n) is 10.2. The average Bonchev–Trinajstić information content (AvgIpc) is 3.59. The van der Waals surface area contributed by atoms with E-state index in [0.29, 0.717) is 16.5 Å². The Hall–Kier alpha value is -2.27. The molecule has 2 aliphatic carbocycles. The number of aromatic nitrogens is 1. The Bertz CT molecular complexity index is 1590. The number of hydrogen-bond donors (Lipinski definition) is 1. The molecule has 38 heavy (non-hydrogen) atoms. The Balaban J connectivity index is 1.32. The van der Waals surface area contributed by atoms with Crippen LogP contribution in [0.4, 0.5) is 18.9 Å². The van der Waals surface area contributed by atoms with Gasteiger partial charge in [0.1, 0.15) is 0 Å². The molecule has 1 N–H and O–H groups in total. The molecule has 2 bridgehead atoms. The zero-order valence-corrected chi connectivity index (χ0v) is 22.3. The highest BCUT2D eigenvalue weighted by Gasteiger charge is 2.69. The Morgan fingerprint density at radius 1 is 0.974 bits per heavy atom. The first-order chi connectivity index (χ1) is 18.1. The van der Waals surface area contributed by atoms with Crippen molar-refractivity contribution in [3.8, 4) is 0 Å². The van der Waals surface area contributed by atoms with Gasteiger partial charge >= 0.3 is 11.0 Å². The van der Waals surface area contributed by atoms with Crippen LogP contribution in [-0.4, -0.2) is 22.0 Å². The number of nitrogens with zero attached hydrogens (tertiary/aromatic N) is 1. The first-order valence-electron chi connectivity index (χ1n) is 11.9. The third-order valence-corrected chi connectivity index (χ3v) is 11.9. The number of alkyl halides is 3. The lowest BCUT2D eigenvalue weighted by atomic mass is 9.68. The van der Waals surface area contributed by atoms with Gasteiger partial charge in [-0.2, -0.15) is 13.2 Å². The Labute approximate surface area is 232 Å². The highest BCUT2D eigenvalue weighted by Crippen LogP contribution is 2.69. The highest BCUT2D eigenvalue weighted by atomic mass is 35.5. The molecule has 3 heterocycles. The minimum absolute atomic E-state index is 0.0582. The molecule has 7 rings (SSSR count). The van der Waals surface area contributed by atoms with Crippen LogP contribution in [0.3, 0.4) is 0 Å². The summed E-state index contributed by atoms with van der Waals surface area (Å²) in [6.45, 7) is 0. The van der Waals surface area contributed by atoms with E-state index in [4.69, 9.17) is 23.2 Å². The maximum atomic E-state index is 13.8. The maximum absolute atomic E-state index is 13.8. The lowest BCUT2D eigenvalue weighted by molar-refractivity contribution is -0.137. The average molecular weight is 597 g/mol. The zero-order valence-electron chi connectivity index (χ0n) is 19.2. The zero-order chi connectivity index (χ0) is 26.7. The van der Waals surface area contributed by atoms with Crippen LogP contribution in [0.25, 0.3) is 0 Å². The largest absolute Gasteiger partial charge is 0.416 e. The Kier molecular flexibility index (Phi) is 5.45. The number of hydrogen-bond acceptors (Lipinski definition) is 5. The fourth-order valence-electron chi connectivity index (χ4n) is 7.20. The summed E-state index contributed by atoms with van der Waals surface area (Å²) in [5.41, 5.74) is -0.206. The third-order valence-electron chi connectivity index (χ3n) is 8.47. The molecular formula is C26H17Cl2F3N2O3S2. The van der Waals surface area contributed by atoms with Gasteiger partial charge in [0.05, 0.1) is 38.2 Å². The van der Waals surface area contributed by atoms with Gasteiger partial charge in [-0.3, -0.25) is 19.3 Å². The van der Waals surface area contributed by atoms with Gasteiger partial charge in [0.15, 0.2) is 0 Å². The number of H-pyrrole nitrogens is 1. The summed E-state index contributed by atoms with van der Waals surface area (Å²) in [7, 11) is 0. The number of imide groups is 1. The van der Waals surface area contributed by atoms with E-state index in [9.17, 15) is 27.6 Å². The summed E-state index contributed by atoms with van der Waals surface area (Å²) >= 11 is 15.7. The molecule has 196 valence electrons. The Morgan fingerprint density at radius 3 is 2.42 bits per heavy atom. The predicted molar refractivity (Wildman–Crippen MR) is 139 cm³/mol. The van der Waals surface area contributed by atoms with Crippen molar-refractivity contribution in [2.24, 2.45) is 29.6 Å². The van der Waals surface area contributed by atoms with E-state index in [1.807, 2.05) is 6.07 Å². The lowest BCUT2D eigenvalue weighted by Crippen LogP contribution is -2.42. The number of carbonyl (C=O) groups excluding carboxylic acids is 2. The highest BCUT2D eigenvalue weighted by molar-refractivity contribution is 8.00. The van der Waals surface area contributed by atoms with Crippen LogP contribution in [0.15, 0.2) is 52.3 Å². The first-order valence-corrected chi connectivity index (χ1v) is 14.4. The molecule has 7 unspecified atom stereocenters. The molecule has 1 aromatic heterocycles. The summed E-state index contributed by atoms with van der Waals surface area (Å²) < 4.78 is 40.1. The van der Waals surface area contributed by atoms with Gasteiger partial charge in [0.2, 0.25) is 11.8 Å². The quantitative estimate of drug-likeness (QED) is 0.346. The minimum Gasteiger partial charge on any atom is -0.307 e. The standard InChI is InChI=1S/C26H17Cl2F3N2O3S2/c27-14-6-2-5-11(19(14)28)15-16-12-8-13(20(16)37-22-21(15)38-25(36)32-22)18-17(12)23(34)33(24(18)35)10-4-1-3-9(7-10)26(29,30)31/h1-7,12-13,15-18,20H,8H2,(H,32,36). The molecule has 2 aromatic carbocycles. The van der Waals surface area contributed by atoms with Crippen LogP contribution in [0.2, 0.25) is 10.0 Å². The van der Waals surface area contributed by atoms with E-state index in [2.05, 4.69) is 4.98 Å². The van der Waals surface area contributed by atoms with Crippen molar-refractivity contribution in [1.82, 2.24) is 4.98 Å². The van der Waals surface area contributed by atoms with Gasteiger partial charge in [-0.15, -0.1) is 11.8 Å². The van der Waals surface area contributed by atoms with Gasteiger partial charge in [-0.05, 0) is 54.0 Å². The van der Waals surface area contributed by atoms with Crippen LogP contribution in [-0.2, 0) is 15.8 Å². The van der Waals surface area contributed by atoms with Crippen molar-refractivity contribution >= 4 is 63.8 Å². The van der Waals surface area contributed by atoms with Crippen molar-refractivity contribution in [2.75, 3.05) is 4.90 Å². The number of nitrogens with one attached hydrogen (secondary N) is 1. The number of fused-ring (bicyclic) bond motifs is 9. The Morgan fingerprint density at radius 2 is 1.68 bits per heavy atom. The van der Waals surface area contributed by atoms with E-state index < -0.39 is 35.4 Å². The number of aromatic amines is 1. The molecule has 4 aliphatic rings. The van der Waals surface area contributed by atoms with E-state index in [1.54, 1.807) is 12.1 Å². The van der Waals surface area contributed by atoms with Crippen molar-refractivity contribution in [3.63, 3.8) is 0 Å². The predicted octanol–water partition coefficient (Wildman–Crippen LogP) is 6.44. The van der Waals surface area contributed by atoms with E-state index >= 15 is 0 Å². The first kappa shape index (κ1) is 24.7. The lowest BCUT2D eigenvalue weighted by Gasteiger charge is -2.43. The molecule has 5 nitrogen and oxygen atoms in total. The van der Waals surface area contributed by atoms with Crippen molar-refractivity contribution in [1.29, 1.82) is 0 Å². The molecule has 3 aromatic rings. The smallest absolute Gasteiger partial charge is 0.307 e. The van der Waals surface area contributed by atoms with E-state index in [1.165, 1.54) is 23.9 Å². The number of thioether (sulfide) groups is 1. The summed E-state index contributed by atoms with van der Waals surface area (Å²) in [4.78, 5) is 44.3. The van der Waals surface area contributed by atoms with E-state index in [-0.39, 0.29) is 39.5 Å². The topological polar surface area (TPSA) is 70.2 Å². The van der Waals surface area contributed by atoms with Crippen LogP contribution >= 0.6 is 46.3 Å². The summed E-state index contributed by atoms with van der Waals surface area (Å²) in [6, 6.07) is 9.71. The monoisotopic (exact) mass is 596 g/mol. The molecule has 0 spiro atoms. The van der Waals surface area contributed by atoms with Crippen LogP contribution < -0.4 is 9.77 Å². The number of carbonyl (C=O) groups is 2. The summed E-state index contributed by atoms with van der Waals surface area (Å²) in [5, 5.41) is 1.43. The fraction of sp³-hybridized carbons (Fsp3) is 0.346. The van der Waals surface area contributed by atoms with Crippen LogP contribution in [0.5, 0.6) is 0 Å². The van der Waals surface area contributed by atoms with Gasteiger partial charge in [0.25, 0.3) is 0 Å². The molecule has 2 amide bonds. The second kappa shape index (κ2) is 8.36. The van der Waals surface area contributed by atoms with Gasteiger partial charge in [-0.25, -0.2) is 0 Å². The number of benzene rings is 2. The molecule has 1 saturated heterocycles. The normalized spacial score (nSPS) is 31.5. The number of rotatable bonds is 2. The van der Waals surface area contributed by atoms with Gasteiger partial charge < -0.3 is 4.98 Å². The molecule has 3 fully saturated rings. The molecule has 7 atom stereocenters. The minimum atomic E-state index is -4.60. The molecule has 0 radical (unpaired) electrons. The molecular weight excluding hydrogens is 580 g/mol. The van der Waals surface area contributed by atoms with Crippen molar-refractivity contribution < 1.29 is 22.8 Å². The maximum Gasteiger partial charge on any atom is 0.416 e. The number of thiazole rings is 1. The van der Waals surface area contributed by atoms with Crippen LogP contribution in [0.1, 0.15) is 28.3 Å². The van der Waals surface area contributed by atoms with Gasteiger partial charge in [0, 0.05) is 16.0 Å². The summed E-state index contributed by atoms with van der Waals surface area (Å²) in [5.74, 6) is -2.91. The van der Waals surface area contributed by atoms with Crippen molar-refractivity contribution in [2.45, 2.75) is 28.8 Å². The van der Waals surface area contributed by atoms with E-state index in [0.717, 1.165) is 43.8 Å². The molecule has 2 saturated carbocycles. The molecule has 12 heteroatoms.